The number of rotatable bonds is 8. The summed E-state index contributed by atoms with van der Waals surface area (Å²) in [6.45, 7) is -0.170. The number of hydrogen-bond acceptors (Lipinski definition) is 6. The molecule has 0 heterocycles. The number of nitrogens with one attached hydrogen (secondary N) is 1. The second kappa shape index (κ2) is 10.9. The molecular weight excluding hydrogens is 464 g/mol. The number of methoxy groups -OCH3 is 1. The Morgan fingerprint density at radius 2 is 1.74 bits per heavy atom. The first-order chi connectivity index (χ1) is 15.0. The lowest BCUT2D eigenvalue weighted by molar-refractivity contribution is -0.123. The van der Waals surface area contributed by atoms with Crippen molar-refractivity contribution >= 4 is 34.0 Å². The summed E-state index contributed by atoms with van der Waals surface area (Å²) in [5.41, 5.74) is 3.47. The molecule has 0 spiro atoms. The summed E-state index contributed by atoms with van der Waals surface area (Å²) in [6, 6.07) is 20.7. The summed E-state index contributed by atoms with van der Waals surface area (Å²) in [6.07, 6.45) is 1.45. The van der Waals surface area contributed by atoms with Gasteiger partial charge in [-0.3, -0.25) is 4.79 Å². The molecule has 0 fully saturated rings. The number of halogens is 1. The normalized spacial score (nSPS) is 10.5. The van der Waals surface area contributed by atoms with Crippen molar-refractivity contribution in [3.05, 3.63) is 88.4 Å². The first-order valence-electron chi connectivity index (χ1n) is 9.20. The largest absolute Gasteiger partial charge is 0.493 e. The lowest BCUT2D eigenvalue weighted by Gasteiger charge is -2.10. The van der Waals surface area contributed by atoms with E-state index < -0.39 is 11.9 Å². The molecule has 3 aromatic carbocycles. The van der Waals surface area contributed by atoms with E-state index in [1.165, 1.54) is 13.3 Å². The van der Waals surface area contributed by atoms with Crippen LogP contribution in [-0.2, 0) is 4.79 Å². The number of carbonyl (C=O) groups excluding carboxylic acids is 2. The van der Waals surface area contributed by atoms with Crippen molar-refractivity contribution in [1.29, 1.82) is 0 Å². The van der Waals surface area contributed by atoms with Gasteiger partial charge in [-0.15, -0.1) is 0 Å². The van der Waals surface area contributed by atoms with Gasteiger partial charge < -0.3 is 14.2 Å². The molecule has 158 valence electrons. The minimum Gasteiger partial charge on any atom is -0.493 e. The molecular formula is C23H19BrN2O5. The fourth-order valence-corrected chi connectivity index (χ4v) is 2.74. The minimum atomic E-state index is -0.488. The van der Waals surface area contributed by atoms with Gasteiger partial charge in [0.25, 0.3) is 5.91 Å². The monoisotopic (exact) mass is 482 g/mol. The number of nitrogens with zero attached hydrogens (tertiary/aromatic N) is 1. The van der Waals surface area contributed by atoms with Gasteiger partial charge in [0.05, 0.1) is 18.9 Å². The molecule has 0 unspecified atom stereocenters. The van der Waals surface area contributed by atoms with Crippen molar-refractivity contribution in [1.82, 2.24) is 5.43 Å². The highest BCUT2D eigenvalue weighted by atomic mass is 79.9. The first kappa shape index (κ1) is 22.0. The fraction of sp³-hybridized carbons (Fsp3) is 0.0870. The zero-order chi connectivity index (χ0) is 22.1. The van der Waals surface area contributed by atoms with Gasteiger partial charge in [0.1, 0.15) is 5.75 Å². The summed E-state index contributed by atoms with van der Waals surface area (Å²) in [4.78, 5) is 24.1. The highest BCUT2D eigenvalue weighted by molar-refractivity contribution is 9.10. The van der Waals surface area contributed by atoms with Crippen molar-refractivity contribution in [3.8, 4) is 17.2 Å². The van der Waals surface area contributed by atoms with Crippen LogP contribution in [0.1, 0.15) is 15.9 Å². The predicted molar refractivity (Wildman–Crippen MR) is 120 cm³/mol. The van der Waals surface area contributed by atoms with Crippen LogP contribution in [-0.4, -0.2) is 31.8 Å². The van der Waals surface area contributed by atoms with E-state index in [-0.39, 0.29) is 12.4 Å². The summed E-state index contributed by atoms with van der Waals surface area (Å²) in [5.74, 6) is 0.323. The average Bonchev–Trinajstić information content (AvgIpc) is 2.80. The van der Waals surface area contributed by atoms with Crippen molar-refractivity contribution in [2.24, 2.45) is 5.10 Å². The minimum absolute atomic E-state index is 0.170. The predicted octanol–water partition coefficient (Wildman–Crippen LogP) is 4.21. The third kappa shape index (κ3) is 6.68. The molecule has 0 saturated heterocycles. The Bertz CT molecular complexity index is 1070. The Labute approximate surface area is 187 Å². The number of benzene rings is 3. The molecule has 1 N–H and O–H groups in total. The zero-order valence-electron chi connectivity index (χ0n) is 16.6. The lowest BCUT2D eigenvalue weighted by Crippen LogP contribution is -2.24. The summed E-state index contributed by atoms with van der Waals surface area (Å²) >= 11 is 3.33. The molecule has 0 aromatic heterocycles. The van der Waals surface area contributed by atoms with E-state index in [1.54, 1.807) is 54.6 Å². The second-order valence-corrected chi connectivity index (χ2v) is 7.12. The van der Waals surface area contributed by atoms with Crippen LogP contribution in [0.5, 0.6) is 17.2 Å². The Morgan fingerprint density at radius 1 is 1.00 bits per heavy atom. The first-order valence-corrected chi connectivity index (χ1v) is 10.00. The van der Waals surface area contributed by atoms with Crippen LogP contribution < -0.4 is 19.6 Å². The van der Waals surface area contributed by atoms with E-state index in [4.69, 9.17) is 14.2 Å². The van der Waals surface area contributed by atoms with Gasteiger partial charge >= 0.3 is 5.97 Å². The van der Waals surface area contributed by atoms with Gasteiger partial charge in [-0.05, 0) is 60.2 Å². The maximum Gasteiger partial charge on any atom is 0.343 e. The van der Waals surface area contributed by atoms with E-state index in [1.807, 2.05) is 18.2 Å². The van der Waals surface area contributed by atoms with E-state index in [9.17, 15) is 9.59 Å². The molecule has 1 amide bonds. The smallest absolute Gasteiger partial charge is 0.343 e. The van der Waals surface area contributed by atoms with Crippen molar-refractivity contribution in [3.63, 3.8) is 0 Å². The van der Waals surface area contributed by atoms with Crippen molar-refractivity contribution in [2.45, 2.75) is 0 Å². The molecule has 0 atom stereocenters. The fourth-order valence-electron chi connectivity index (χ4n) is 2.47. The lowest BCUT2D eigenvalue weighted by atomic mass is 10.2. The number of hydrogen-bond donors (Lipinski definition) is 1. The third-order valence-electron chi connectivity index (χ3n) is 3.99. The van der Waals surface area contributed by atoms with Crippen LogP contribution in [0.3, 0.4) is 0 Å². The molecule has 8 heteroatoms. The van der Waals surface area contributed by atoms with Gasteiger partial charge in [0.15, 0.2) is 18.1 Å². The molecule has 3 aromatic rings. The third-order valence-corrected chi connectivity index (χ3v) is 4.51. The molecule has 0 saturated carbocycles. The van der Waals surface area contributed by atoms with Gasteiger partial charge in [0, 0.05) is 4.47 Å². The highest BCUT2D eigenvalue weighted by Crippen LogP contribution is 2.28. The van der Waals surface area contributed by atoms with Crippen LogP contribution in [0.25, 0.3) is 0 Å². The molecule has 0 bridgehead atoms. The number of hydrazone groups is 1. The highest BCUT2D eigenvalue weighted by Gasteiger charge is 2.12. The number of amides is 1. The maximum atomic E-state index is 12.2. The summed E-state index contributed by atoms with van der Waals surface area (Å²) in [5, 5.41) is 3.91. The number of esters is 1. The zero-order valence-corrected chi connectivity index (χ0v) is 18.2. The van der Waals surface area contributed by atoms with Crippen LogP contribution in [0.15, 0.2) is 82.4 Å². The Morgan fingerprint density at radius 3 is 2.45 bits per heavy atom. The standard InChI is InChI=1S/C23H19BrN2O5/c1-29-21-13-16(7-12-20(21)31-23(28)17-5-3-2-4-6-17)14-25-26-22(27)15-30-19-10-8-18(24)9-11-19/h2-14H,15H2,1H3,(H,26,27). The SMILES string of the molecule is COc1cc(C=NNC(=O)COc2ccc(Br)cc2)ccc1OC(=O)c1ccccc1. The number of ether oxygens (including phenoxy) is 3. The van der Waals surface area contributed by atoms with Crippen LogP contribution in [0.4, 0.5) is 0 Å². The van der Waals surface area contributed by atoms with Crippen LogP contribution >= 0.6 is 15.9 Å². The van der Waals surface area contributed by atoms with E-state index in [0.29, 0.717) is 22.6 Å². The molecule has 3 rings (SSSR count). The topological polar surface area (TPSA) is 86.2 Å². The Hall–Kier alpha value is -3.65. The van der Waals surface area contributed by atoms with Gasteiger partial charge in [-0.2, -0.15) is 5.10 Å². The van der Waals surface area contributed by atoms with Crippen molar-refractivity contribution < 1.29 is 23.8 Å². The van der Waals surface area contributed by atoms with Gasteiger partial charge in [-0.25, -0.2) is 10.2 Å². The Balaban J connectivity index is 1.55. The number of carbonyl (C=O) groups is 2. The van der Waals surface area contributed by atoms with E-state index in [0.717, 1.165) is 4.47 Å². The van der Waals surface area contributed by atoms with Gasteiger partial charge in [0.2, 0.25) is 0 Å². The Kier molecular flexibility index (Phi) is 7.78. The van der Waals surface area contributed by atoms with Crippen molar-refractivity contribution in [2.75, 3.05) is 13.7 Å². The molecule has 0 radical (unpaired) electrons. The summed E-state index contributed by atoms with van der Waals surface area (Å²) < 4.78 is 17.0. The van der Waals surface area contributed by atoms with E-state index >= 15 is 0 Å². The maximum absolute atomic E-state index is 12.2. The second-order valence-electron chi connectivity index (χ2n) is 6.20. The average molecular weight is 483 g/mol. The summed E-state index contributed by atoms with van der Waals surface area (Å²) in [7, 11) is 1.47. The van der Waals surface area contributed by atoms with Gasteiger partial charge in [-0.1, -0.05) is 34.1 Å². The molecule has 0 aliphatic carbocycles. The molecule has 0 aliphatic rings. The quantitative estimate of drug-likeness (QED) is 0.225. The van der Waals surface area contributed by atoms with Crippen LogP contribution in [0.2, 0.25) is 0 Å². The molecule has 31 heavy (non-hydrogen) atoms. The molecule has 7 nitrogen and oxygen atoms in total. The van der Waals surface area contributed by atoms with Crippen LogP contribution in [0, 0.1) is 0 Å². The molecule has 0 aliphatic heterocycles. The van der Waals surface area contributed by atoms with E-state index in [2.05, 4.69) is 26.5 Å².